The van der Waals surface area contributed by atoms with Crippen LogP contribution in [0.1, 0.15) is 30.4 Å². The van der Waals surface area contributed by atoms with Gasteiger partial charge in [-0.15, -0.1) is 0 Å². The molecular formula is C22H23NO2S. The minimum absolute atomic E-state index is 0.347. The van der Waals surface area contributed by atoms with Crippen LogP contribution >= 0.6 is 0 Å². The molecule has 134 valence electrons. The molecule has 2 aromatic rings. The quantitative estimate of drug-likeness (QED) is 0.756. The van der Waals surface area contributed by atoms with E-state index < -0.39 is 10.0 Å². The van der Waals surface area contributed by atoms with Gasteiger partial charge in [-0.1, -0.05) is 53.8 Å². The molecular weight excluding hydrogens is 342 g/mol. The molecule has 3 nitrogen and oxygen atoms in total. The molecule has 0 spiro atoms. The fourth-order valence-electron chi connectivity index (χ4n) is 2.91. The van der Waals surface area contributed by atoms with E-state index in [1.54, 1.807) is 18.3 Å². The standard InChI is InChI=1S/C22H23NO2S/c1-19-11-13-22(14-12-19)26(24,25)23-17-15-21(16-18-23)10-6-5-9-20-7-3-2-4-8-20/h2-4,7-8,11-15,17,21H,6,10,16,18H2,1H3. The highest BCUT2D eigenvalue weighted by molar-refractivity contribution is 7.89. The predicted molar refractivity (Wildman–Crippen MR) is 105 cm³/mol. The van der Waals surface area contributed by atoms with Gasteiger partial charge in [-0.2, -0.15) is 0 Å². The number of rotatable bonds is 4. The van der Waals surface area contributed by atoms with E-state index in [0.29, 0.717) is 17.4 Å². The average molecular weight is 365 g/mol. The van der Waals surface area contributed by atoms with Crippen molar-refractivity contribution < 1.29 is 8.42 Å². The van der Waals surface area contributed by atoms with Crippen molar-refractivity contribution in [3.05, 3.63) is 78.0 Å². The van der Waals surface area contributed by atoms with Crippen LogP contribution in [0.3, 0.4) is 0 Å². The van der Waals surface area contributed by atoms with Gasteiger partial charge in [0.25, 0.3) is 10.0 Å². The van der Waals surface area contributed by atoms with Gasteiger partial charge in [0, 0.05) is 24.7 Å². The van der Waals surface area contributed by atoms with Gasteiger partial charge >= 0.3 is 0 Å². The molecule has 3 rings (SSSR count). The number of aryl methyl sites for hydroxylation is 1. The third kappa shape index (κ3) is 4.56. The number of sulfonamides is 1. The molecule has 1 atom stereocenters. The van der Waals surface area contributed by atoms with E-state index in [1.165, 1.54) is 4.31 Å². The first-order valence-corrected chi connectivity index (χ1v) is 10.3. The minimum Gasteiger partial charge on any atom is -0.274 e. The van der Waals surface area contributed by atoms with Crippen molar-refractivity contribution in [3.8, 4) is 11.8 Å². The Hall–Kier alpha value is -2.51. The highest BCUT2D eigenvalue weighted by Crippen LogP contribution is 2.24. The molecule has 0 aliphatic carbocycles. The van der Waals surface area contributed by atoms with E-state index in [2.05, 4.69) is 11.8 Å². The Labute approximate surface area is 156 Å². The third-order valence-electron chi connectivity index (χ3n) is 4.52. The van der Waals surface area contributed by atoms with Gasteiger partial charge in [0.05, 0.1) is 4.90 Å². The van der Waals surface area contributed by atoms with Crippen LogP contribution in [0.2, 0.25) is 0 Å². The molecule has 0 radical (unpaired) electrons. The zero-order chi connectivity index (χ0) is 18.4. The van der Waals surface area contributed by atoms with Crippen LogP contribution in [0.15, 0.2) is 71.8 Å². The second-order valence-electron chi connectivity index (χ2n) is 6.53. The molecule has 26 heavy (non-hydrogen) atoms. The molecule has 0 aromatic heterocycles. The van der Waals surface area contributed by atoms with Gasteiger partial charge in [0.15, 0.2) is 0 Å². The number of hydrogen-bond acceptors (Lipinski definition) is 2. The summed E-state index contributed by atoms with van der Waals surface area (Å²) >= 11 is 0. The van der Waals surface area contributed by atoms with Crippen LogP contribution in [0.5, 0.6) is 0 Å². The fourth-order valence-corrected chi connectivity index (χ4v) is 4.24. The Bertz CT molecular complexity index is 920. The van der Waals surface area contributed by atoms with Crippen LogP contribution in [-0.2, 0) is 10.0 Å². The molecule has 1 heterocycles. The first kappa shape index (κ1) is 18.3. The SMILES string of the molecule is Cc1ccc(S(=O)(=O)N2C=CC(CCC#Cc3ccccc3)CC2)cc1. The van der Waals surface area contributed by atoms with Gasteiger partial charge in [-0.05, 0) is 49.9 Å². The second kappa shape index (κ2) is 8.25. The van der Waals surface area contributed by atoms with Crippen molar-refractivity contribution >= 4 is 10.0 Å². The van der Waals surface area contributed by atoms with Gasteiger partial charge < -0.3 is 0 Å². The lowest BCUT2D eigenvalue weighted by atomic mass is 9.98. The number of nitrogens with zero attached hydrogens (tertiary/aromatic N) is 1. The smallest absolute Gasteiger partial charge is 0.263 e. The molecule has 1 aliphatic rings. The monoisotopic (exact) mass is 365 g/mol. The highest BCUT2D eigenvalue weighted by Gasteiger charge is 2.24. The van der Waals surface area contributed by atoms with Crippen LogP contribution in [0, 0.1) is 24.7 Å². The topological polar surface area (TPSA) is 37.4 Å². The highest BCUT2D eigenvalue weighted by atomic mass is 32.2. The summed E-state index contributed by atoms with van der Waals surface area (Å²) in [6, 6.07) is 16.9. The molecule has 0 N–H and O–H groups in total. The summed E-state index contributed by atoms with van der Waals surface area (Å²) in [5.41, 5.74) is 2.08. The Morgan fingerprint density at radius 3 is 2.46 bits per heavy atom. The number of allylic oxidation sites excluding steroid dienone is 1. The minimum atomic E-state index is -3.44. The Balaban J connectivity index is 1.56. The fraction of sp³-hybridized carbons (Fsp3) is 0.273. The maximum atomic E-state index is 12.7. The van der Waals surface area contributed by atoms with Crippen LogP contribution in [0.25, 0.3) is 0 Å². The van der Waals surface area contributed by atoms with Crippen LogP contribution in [0.4, 0.5) is 0 Å². The molecule has 0 amide bonds. The molecule has 2 aromatic carbocycles. The largest absolute Gasteiger partial charge is 0.274 e. The van der Waals surface area contributed by atoms with Crippen LogP contribution < -0.4 is 0 Å². The van der Waals surface area contributed by atoms with Crippen molar-refractivity contribution in [3.63, 3.8) is 0 Å². The maximum Gasteiger partial charge on any atom is 0.263 e. The summed E-state index contributed by atoms with van der Waals surface area (Å²) in [7, 11) is -3.44. The Morgan fingerprint density at radius 2 is 1.81 bits per heavy atom. The van der Waals surface area contributed by atoms with Crippen molar-refractivity contribution in [1.82, 2.24) is 4.31 Å². The summed E-state index contributed by atoms with van der Waals surface area (Å²) in [4.78, 5) is 0.347. The van der Waals surface area contributed by atoms with Gasteiger partial charge in [0.2, 0.25) is 0 Å². The van der Waals surface area contributed by atoms with Gasteiger partial charge in [-0.3, -0.25) is 4.31 Å². The lowest BCUT2D eigenvalue weighted by Crippen LogP contribution is -2.31. The summed E-state index contributed by atoms with van der Waals surface area (Å²) in [5.74, 6) is 6.75. The molecule has 0 saturated heterocycles. The van der Waals surface area contributed by atoms with E-state index in [1.807, 2.05) is 55.5 Å². The van der Waals surface area contributed by atoms with Gasteiger partial charge in [-0.25, -0.2) is 8.42 Å². The molecule has 0 saturated carbocycles. The summed E-state index contributed by atoms with van der Waals surface area (Å²) in [5, 5.41) is 0. The first-order valence-electron chi connectivity index (χ1n) is 8.86. The maximum absolute atomic E-state index is 12.7. The zero-order valence-corrected chi connectivity index (χ0v) is 15.7. The Kier molecular flexibility index (Phi) is 5.80. The molecule has 4 heteroatoms. The van der Waals surface area contributed by atoms with E-state index in [0.717, 1.165) is 30.4 Å². The van der Waals surface area contributed by atoms with E-state index in [9.17, 15) is 8.42 Å². The summed E-state index contributed by atoms with van der Waals surface area (Å²) < 4.78 is 26.8. The van der Waals surface area contributed by atoms with Crippen molar-refractivity contribution in [1.29, 1.82) is 0 Å². The first-order chi connectivity index (χ1) is 12.6. The van der Waals surface area contributed by atoms with E-state index >= 15 is 0 Å². The molecule has 1 aliphatic heterocycles. The van der Waals surface area contributed by atoms with Gasteiger partial charge in [0.1, 0.15) is 0 Å². The molecule has 1 unspecified atom stereocenters. The Morgan fingerprint density at radius 1 is 1.08 bits per heavy atom. The van der Waals surface area contributed by atoms with Crippen LogP contribution in [-0.4, -0.2) is 19.3 Å². The molecule has 0 bridgehead atoms. The summed E-state index contributed by atoms with van der Waals surface area (Å²) in [6.45, 7) is 2.46. The predicted octanol–water partition coefficient (Wildman–Crippen LogP) is 4.35. The van der Waals surface area contributed by atoms with E-state index in [4.69, 9.17) is 0 Å². The third-order valence-corrected chi connectivity index (χ3v) is 6.31. The van der Waals surface area contributed by atoms with Crippen molar-refractivity contribution in [2.75, 3.05) is 6.54 Å². The van der Waals surface area contributed by atoms with E-state index in [-0.39, 0.29) is 0 Å². The lowest BCUT2D eigenvalue weighted by molar-refractivity contribution is 0.417. The number of hydrogen-bond donors (Lipinski definition) is 0. The average Bonchev–Trinajstić information content (AvgIpc) is 2.67. The second-order valence-corrected chi connectivity index (χ2v) is 8.42. The zero-order valence-electron chi connectivity index (χ0n) is 14.9. The molecule has 0 fully saturated rings. The van der Waals surface area contributed by atoms with Crippen molar-refractivity contribution in [2.24, 2.45) is 5.92 Å². The van der Waals surface area contributed by atoms with Crippen molar-refractivity contribution in [2.45, 2.75) is 31.1 Å². The lowest BCUT2D eigenvalue weighted by Gasteiger charge is -2.27. The number of benzene rings is 2. The normalized spacial score (nSPS) is 16.8. The summed E-state index contributed by atoms with van der Waals surface area (Å²) in [6.07, 6.45) is 6.31.